The molecule has 64 valence electrons. The van der Waals surface area contributed by atoms with Gasteiger partial charge >= 0.3 is 0 Å². The van der Waals surface area contributed by atoms with Crippen LogP contribution in [0.15, 0.2) is 12.1 Å². The number of carbonyl (C=O) groups is 1. The van der Waals surface area contributed by atoms with Crippen LogP contribution in [-0.2, 0) is 0 Å². The summed E-state index contributed by atoms with van der Waals surface area (Å²) in [6.07, 6.45) is 0. The van der Waals surface area contributed by atoms with Crippen LogP contribution in [0.5, 0.6) is 5.75 Å². The maximum atomic E-state index is 11.0. The van der Waals surface area contributed by atoms with Crippen LogP contribution >= 0.6 is 0 Å². The van der Waals surface area contributed by atoms with Crippen molar-refractivity contribution in [3.63, 3.8) is 0 Å². The Morgan fingerprint density at radius 2 is 2.08 bits per heavy atom. The molecule has 0 saturated carbocycles. The van der Waals surface area contributed by atoms with E-state index in [1.54, 1.807) is 13.0 Å². The molecule has 0 spiro atoms. The lowest BCUT2D eigenvalue weighted by atomic mass is 10.1. The predicted octanol–water partition coefficient (Wildman–Crippen LogP) is 1.49. The summed E-state index contributed by atoms with van der Waals surface area (Å²) in [6.45, 7) is 3.18. The minimum atomic E-state index is -0.218. The number of benzene rings is 1. The highest BCUT2D eigenvalue weighted by Crippen LogP contribution is 2.25. The third kappa shape index (κ3) is 1.39. The van der Waals surface area contributed by atoms with Crippen molar-refractivity contribution in [3.8, 4) is 5.75 Å². The number of phenolic OH excluding ortho intramolecular Hbond substituents is 1. The van der Waals surface area contributed by atoms with E-state index in [2.05, 4.69) is 0 Å². The fraction of sp³-hybridized carbons (Fsp3) is 0.222. The van der Waals surface area contributed by atoms with Crippen molar-refractivity contribution in [1.82, 2.24) is 0 Å². The zero-order valence-corrected chi connectivity index (χ0v) is 7.09. The first kappa shape index (κ1) is 8.59. The molecule has 0 aromatic heterocycles. The van der Waals surface area contributed by atoms with Gasteiger partial charge < -0.3 is 10.8 Å². The maximum absolute atomic E-state index is 11.0. The van der Waals surface area contributed by atoms with E-state index < -0.39 is 0 Å². The van der Waals surface area contributed by atoms with Crippen molar-refractivity contribution in [2.24, 2.45) is 0 Å². The third-order valence-corrected chi connectivity index (χ3v) is 1.64. The lowest BCUT2D eigenvalue weighted by Gasteiger charge is -2.05. The minimum Gasteiger partial charge on any atom is -0.507 e. The van der Waals surface area contributed by atoms with E-state index in [1.807, 2.05) is 0 Å². The highest BCUT2D eigenvalue weighted by molar-refractivity contribution is 6.01. The summed E-state index contributed by atoms with van der Waals surface area (Å²) in [4.78, 5) is 11.0. The van der Waals surface area contributed by atoms with Crippen molar-refractivity contribution < 1.29 is 9.90 Å². The second-order valence-electron chi connectivity index (χ2n) is 2.80. The molecule has 0 fully saturated rings. The quantitative estimate of drug-likeness (QED) is 0.489. The summed E-state index contributed by atoms with van der Waals surface area (Å²) in [5.41, 5.74) is 6.93. The van der Waals surface area contributed by atoms with Crippen molar-refractivity contribution in [3.05, 3.63) is 23.3 Å². The van der Waals surface area contributed by atoms with Crippen LogP contribution in [0, 0.1) is 6.92 Å². The molecular weight excluding hydrogens is 154 g/mol. The number of aromatic hydroxyl groups is 1. The van der Waals surface area contributed by atoms with Crippen LogP contribution in [0.1, 0.15) is 22.8 Å². The molecule has 0 amide bonds. The Morgan fingerprint density at radius 1 is 1.50 bits per heavy atom. The Labute approximate surface area is 70.8 Å². The number of rotatable bonds is 1. The predicted molar refractivity (Wildman–Crippen MR) is 47.3 cm³/mol. The number of carbonyl (C=O) groups excluding carboxylic acids is 1. The fourth-order valence-corrected chi connectivity index (χ4v) is 1.18. The van der Waals surface area contributed by atoms with E-state index in [1.165, 1.54) is 13.0 Å². The summed E-state index contributed by atoms with van der Waals surface area (Å²) in [5, 5.41) is 9.34. The topological polar surface area (TPSA) is 63.3 Å². The Hall–Kier alpha value is -1.51. The van der Waals surface area contributed by atoms with Gasteiger partial charge in [0.05, 0.1) is 5.56 Å². The molecule has 12 heavy (non-hydrogen) atoms. The van der Waals surface area contributed by atoms with Crippen LogP contribution in [0.25, 0.3) is 0 Å². The molecule has 1 rings (SSSR count). The number of ketones is 1. The highest BCUT2D eigenvalue weighted by Gasteiger charge is 2.10. The van der Waals surface area contributed by atoms with Gasteiger partial charge in [-0.1, -0.05) is 0 Å². The number of nitrogen functional groups attached to an aromatic ring is 1. The molecule has 3 nitrogen and oxygen atoms in total. The van der Waals surface area contributed by atoms with E-state index in [0.717, 1.165) is 5.56 Å². The molecule has 0 saturated heterocycles. The van der Waals surface area contributed by atoms with Gasteiger partial charge in [0, 0.05) is 5.69 Å². The first-order valence-electron chi connectivity index (χ1n) is 3.62. The fourth-order valence-electron chi connectivity index (χ4n) is 1.18. The summed E-state index contributed by atoms with van der Waals surface area (Å²) >= 11 is 0. The first-order valence-corrected chi connectivity index (χ1v) is 3.62. The largest absolute Gasteiger partial charge is 0.507 e. The smallest absolute Gasteiger partial charge is 0.165 e. The molecule has 0 aliphatic heterocycles. The number of hydrogen-bond acceptors (Lipinski definition) is 3. The van der Waals surface area contributed by atoms with Crippen molar-refractivity contribution in [2.45, 2.75) is 13.8 Å². The van der Waals surface area contributed by atoms with Crippen LogP contribution in [0.4, 0.5) is 5.69 Å². The molecule has 0 unspecified atom stereocenters. The van der Waals surface area contributed by atoms with Gasteiger partial charge in [0.1, 0.15) is 5.75 Å². The van der Waals surface area contributed by atoms with Gasteiger partial charge in [-0.05, 0) is 31.5 Å². The third-order valence-electron chi connectivity index (χ3n) is 1.64. The van der Waals surface area contributed by atoms with Crippen LogP contribution in [0.2, 0.25) is 0 Å². The lowest BCUT2D eigenvalue weighted by molar-refractivity contribution is 0.101. The molecule has 3 heteroatoms. The summed E-state index contributed by atoms with van der Waals surface area (Å²) in [5.74, 6) is -0.259. The molecule has 0 aliphatic carbocycles. The number of hydrogen-bond donors (Lipinski definition) is 2. The Balaban J connectivity index is 3.38. The van der Waals surface area contributed by atoms with Crippen molar-refractivity contribution in [2.75, 3.05) is 5.73 Å². The van der Waals surface area contributed by atoms with E-state index in [0.29, 0.717) is 5.69 Å². The van der Waals surface area contributed by atoms with Crippen LogP contribution in [0.3, 0.4) is 0 Å². The molecule has 3 N–H and O–H groups in total. The second-order valence-corrected chi connectivity index (χ2v) is 2.80. The average Bonchev–Trinajstić information content (AvgIpc) is 1.82. The van der Waals surface area contributed by atoms with Gasteiger partial charge in [0.25, 0.3) is 0 Å². The molecule has 0 heterocycles. The first-order chi connectivity index (χ1) is 5.52. The number of nitrogens with two attached hydrogens (primary N) is 1. The Bertz CT molecular complexity index is 308. The number of phenols is 1. The standard InChI is InChI=1S/C9H11NO2/c1-5-3-7(10)9(6(2)11)8(12)4-5/h3-4,12H,10H2,1-2H3. The zero-order valence-electron chi connectivity index (χ0n) is 7.09. The molecular formula is C9H11NO2. The summed E-state index contributed by atoms with van der Waals surface area (Å²) in [6, 6.07) is 3.18. The molecule has 0 aliphatic rings. The van der Waals surface area contributed by atoms with Crippen LogP contribution in [-0.4, -0.2) is 10.9 Å². The number of aryl methyl sites for hydroxylation is 1. The van der Waals surface area contributed by atoms with E-state index in [-0.39, 0.29) is 17.1 Å². The zero-order chi connectivity index (χ0) is 9.30. The molecule has 0 radical (unpaired) electrons. The van der Waals surface area contributed by atoms with Crippen LogP contribution < -0.4 is 5.73 Å². The van der Waals surface area contributed by atoms with Gasteiger partial charge in [0.2, 0.25) is 0 Å². The van der Waals surface area contributed by atoms with Gasteiger partial charge in [-0.3, -0.25) is 4.79 Å². The Morgan fingerprint density at radius 3 is 2.50 bits per heavy atom. The molecule has 1 aromatic rings. The van der Waals surface area contributed by atoms with Crippen molar-refractivity contribution >= 4 is 11.5 Å². The molecule has 1 aromatic carbocycles. The Kier molecular flexibility index (Phi) is 2.04. The monoisotopic (exact) mass is 165 g/mol. The SMILES string of the molecule is CC(=O)c1c(N)cc(C)cc1O. The van der Waals surface area contributed by atoms with E-state index in [9.17, 15) is 9.90 Å². The number of anilines is 1. The lowest BCUT2D eigenvalue weighted by Crippen LogP contribution is -2.00. The normalized spacial score (nSPS) is 9.83. The minimum absolute atomic E-state index is 0.0417. The number of Topliss-reactive ketones (excluding diaryl/α,β-unsaturated/α-hetero) is 1. The average molecular weight is 165 g/mol. The summed E-state index contributed by atoms with van der Waals surface area (Å²) < 4.78 is 0. The highest BCUT2D eigenvalue weighted by atomic mass is 16.3. The van der Waals surface area contributed by atoms with Gasteiger partial charge in [-0.15, -0.1) is 0 Å². The van der Waals surface area contributed by atoms with Gasteiger partial charge in [-0.2, -0.15) is 0 Å². The van der Waals surface area contributed by atoms with E-state index in [4.69, 9.17) is 5.73 Å². The molecule has 0 atom stereocenters. The van der Waals surface area contributed by atoms with Crippen molar-refractivity contribution in [1.29, 1.82) is 0 Å². The molecule has 0 bridgehead atoms. The summed E-state index contributed by atoms with van der Waals surface area (Å²) in [7, 11) is 0. The van der Waals surface area contributed by atoms with Gasteiger partial charge in [-0.25, -0.2) is 0 Å². The second kappa shape index (κ2) is 2.85. The van der Waals surface area contributed by atoms with Gasteiger partial charge in [0.15, 0.2) is 5.78 Å². The maximum Gasteiger partial charge on any atom is 0.165 e. The van der Waals surface area contributed by atoms with E-state index >= 15 is 0 Å².